The van der Waals surface area contributed by atoms with Crippen molar-refractivity contribution in [2.75, 3.05) is 0 Å². The van der Waals surface area contributed by atoms with Crippen LogP contribution in [-0.4, -0.2) is 22.3 Å². The van der Waals surface area contributed by atoms with Gasteiger partial charge in [-0.15, -0.1) is 0 Å². The molecular formula is C21H22ClFN4O. The molecule has 7 heteroatoms. The zero-order valence-electron chi connectivity index (χ0n) is 15.4. The minimum atomic E-state index is -0.491. The standard InChI is InChI=1S/C21H22ClFN4O/c22-16-2-1-3-17(23)15(16)11-24-27-20(28)18-7-19(26-25-18)21-8-12-4-13(9-21)6-14(5-12)10-21/h1-3,7,11-14H,4-6,8-10H2,(H,25,26)(H,27,28). The van der Waals surface area contributed by atoms with Crippen LogP contribution in [0.5, 0.6) is 0 Å². The number of carbonyl (C=O) groups is 1. The molecule has 1 aromatic heterocycles. The maximum absolute atomic E-state index is 13.8. The Kier molecular flexibility index (Phi) is 4.27. The van der Waals surface area contributed by atoms with Crippen molar-refractivity contribution in [3.63, 3.8) is 0 Å². The zero-order chi connectivity index (χ0) is 19.3. The monoisotopic (exact) mass is 400 g/mol. The van der Waals surface area contributed by atoms with Gasteiger partial charge >= 0.3 is 0 Å². The summed E-state index contributed by atoms with van der Waals surface area (Å²) in [6.45, 7) is 0. The van der Waals surface area contributed by atoms with E-state index in [1.54, 1.807) is 6.07 Å². The molecule has 146 valence electrons. The van der Waals surface area contributed by atoms with Gasteiger partial charge in [-0.2, -0.15) is 10.2 Å². The number of carbonyl (C=O) groups excluding carboxylic acids is 1. The summed E-state index contributed by atoms with van der Waals surface area (Å²) in [5.41, 5.74) is 4.10. The Hall–Kier alpha value is -2.21. The second kappa shape index (κ2) is 6.69. The predicted octanol–water partition coefficient (Wildman–Crippen LogP) is 4.43. The van der Waals surface area contributed by atoms with Crippen LogP contribution in [0, 0.1) is 23.6 Å². The molecule has 6 rings (SSSR count). The molecule has 1 aromatic carbocycles. The topological polar surface area (TPSA) is 70.1 Å². The fourth-order valence-electron chi connectivity index (χ4n) is 6.00. The number of halogens is 2. The van der Waals surface area contributed by atoms with E-state index in [1.807, 2.05) is 6.07 Å². The molecule has 0 saturated heterocycles. The Morgan fingerprint density at radius 3 is 2.57 bits per heavy atom. The maximum atomic E-state index is 13.8. The number of aromatic amines is 1. The first-order valence-corrected chi connectivity index (χ1v) is 10.2. The van der Waals surface area contributed by atoms with Gasteiger partial charge in [0.2, 0.25) is 0 Å². The lowest BCUT2D eigenvalue weighted by Gasteiger charge is -2.56. The fraction of sp³-hybridized carbons (Fsp3) is 0.476. The minimum absolute atomic E-state index is 0.140. The van der Waals surface area contributed by atoms with E-state index in [0.29, 0.717) is 5.69 Å². The summed E-state index contributed by atoms with van der Waals surface area (Å²) >= 11 is 5.95. The largest absolute Gasteiger partial charge is 0.291 e. The molecule has 5 nitrogen and oxygen atoms in total. The summed E-state index contributed by atoms with van der Waals surface area (Å²) in [6, 6.07) is 6.25. The van der Waals surface area contributed by atoms with Crippen LogP contribution >= 0.6 is 11.6 Å². The molecule has 0 spiro atoms. The highest BCUT2D eigenvalue weighted by atomic mass is 35.5. The van der Waals surface area contributed by atoms with Crippen molar-refractivity contribution >= 4 is 23.7 Å². The van der Waals surface area contributed by atoms with Gasteiger partial charge in [0.05, 0.1) is 11.2 Å². The zero-order valence-corrected chi connectivity index (χ0v) is 16.2. The highest BCUT2D eigenvalue weighted by Crippen LogP contribution is 2.60. The lowest BCUT2D eigenvalue weighted by molar-refractivity contribution is -0.00721. The molecule has 1 heterocycles. The lowest BCUT2D eigenvalue weighted by atomic mass is 9.49. The van der Waals surface area contributed by atoms with Crippen molar-refractivity contribution in [3.8, 4) is 0 Å². The normalized spacial score (nSPS) is 30.9. The first kappa shape index (κ1) is 17.9. The van der Waals surface area contributed by atoms with Crippen LogP contribution in [0.3, 0.4) is 0 Å². The summed E-state index contributed by atoms with van der Waals surface area (Å²) in [7, 11) is 0. The van der Waals surface area contributed by atoms with Crippen molar-refractivity contribution in [3.05, 3.63) is 52.1 Å². The number of nitrogens with zero attached hydrogens (tertiary/aromatic N) is 2. The van der Waals surface area contributed by atoms with Gasteiger partial charge in [-0.05, 0) is 74.5 Å². The number of hydrogen-bond acceptors (Lipinski definition) is 3. The van der Waals surface area contributed by atoms with E-state index in [0.717, 1.165) is 23.4 Å². The number of aromatic nitrogens is 2. The van der Waals surface area contributed by atoms with Crippen LogP contribution in [0.15, 0.2) is 29.4 Å². The average molecular weight is 401 g/mol. The Balaban J connectivity index is 1.30. The van der Waals surface area contributed by atoms with Gasteiger partial charge in [0, 0.05) is 16.7 Å². The number of hydrazone groups is 1. The second-order valence-corrected chi connectivity index (χ2v) is 9.11. The van der Waals surface area contributed by atoms with Crippen LogP contribution in [0.2, 0.25) is 5.02 Å². The molecule has 4 aliphatic rings. The molecule has 4 fully saturated rings. The first-order chi connectivity index (χ1) is 13.5. The van der Waals surface area contributed by atoms with Crippen LogP contribution < -0.4 is 5.43 Å². The Bertz CT molecular complexity index is 898. The third-order valence-electron chi connectivity index (χ3n) is 6.78. The number of nitrogens with one attached hydrogen (secondary N) is 2. The predicted molar refractivity (Wildman–Crippen MR) is 105 cm³/mol. The average Bonchev–Trinajstić information content (AvgIpc) is 3.14. The molecule has 4 aliphatic carbocycles. The van der Waals surface area contributed by atoms with Gasteiger partial charge in [-0.1, -0.05) is 17.7 Å². The molecule has 0 atom stereocenters. The van der Waals surface area contributed by atoms with Gasteiger partial charge in [0.15, 0.2) is 5.69 Å². The number of hydrogen-bond donors (Lipinski definition) is 2. The highest BCUT2D eigenvalue weighted by molar-refractivity contribution is 6.33. The molecule has 4 saturated carbocycles. The quantitative estimate of drug-likeness (QED) is 0.588. The van der Waals surface area contributed by atoms with E-state index in [9.17, 15) is 9.18 Å². The van der Waals surface area contributed by atoms with E-state index < -0.39 is 11.7 Å². The van der Waals surface area contributed by atoms with Crippen molar-refractivity contribution in [2.24, 2.45) is 22.9 Å². The number of amides is 1. The third-order valence-corrected chi connectivity index (χ3v) is 7.11. The van der Waals surface area contributed by atoms with E-state index in [-0.39, 0.29) is 16.0 Å². The number of H-pyrrole nitrogens is 1. The van der Waals surface area contributed by atoms with Crippen LogP contribution in [-0.2, 0) is 5.41 Å². The Morgan fingerprint density at radius 1 is 1.25 bits per heavy atom. The third kappa shape index (κ3) is 3.04. The van der Waals surface area contributed by atoms with Gasteiger partial charge in [-0.3, -0.25) is 9.89 Å². The van der Waals surface area contributed by atoms with E-state index in [2.05, 4.69) is 20.7 Å². The molecule has 2 aromatic rings. The van der Waals surface area contributed by atoms with Crippen molar-refractivity contribution in [2.45, 2.75) is 43.9 Å². The molecule has 0 unspecified atom stereocenters. The SMILES string of the molecule is O=C(NN=Cc1c(F)cccc1Cl)c1cc(C23CC4CC(CC(C4)C2)C3)[nH]n1. The number of benzene rings is 1. The summed E-state index contributed by atoms with van der Waals surface area (Å²) in [5.74, 6) is 1.55. The second-order valence-electron chi connectivity index (χ2n) is 8.70. The maximum Gasteiger partial charge on any atom is 0.291 e. The molecule has 4 bridgehead atoms. The fourth-order valence-corrected chi connectivity index (χ4v) is 6.21. The van der Waals surface area contributed by atoms with Crippen molar-refractivity contribution in [1.29, 1.82) is 0 Å². The van der Waals surface area contributed by atoms with Gasteiger partial charge < -0.3 is 0 Å². The Morgan fingerprint density at radius 2 is 1.93 bits per heavy atom. The summed E-state index contributed by atoms with van der Waals surface area (Å²) < 4.78 is 13.8. The lowest BCUT2D eigenvalue weighted by Crippen LogP contribution is -2.48. The summed E-state index contributed by atoms with van der Waals surface area (Å²) in [4.78, 5) is 12.4. The molecule has 28 heavy (non-hydrogen) atoms. The molecule has 2 N–H and O–H groups in total. The van der Waals surface area contributed by atoms with E-state index in [4.69, 9.17) is 11.6 Å². The molecule has 0 radical (unpaired) electrons. The number of rotatable bonds is 4. The van der Waals surface area contributed by atoms with Crippen LogP contribution in [0.25, 0.3) is 0 Å². The molecular weight excluding hydrogens is 379 g/mol. The Labute approximate surface area is 167 Å². The van der Waals surface area contributed by atoms with Crippen molar-refractivity contribution in [1.82, 2.24) is 15.6 Å². The minimum Gasteiger partial charge on any atom is -0.281 e. The van der Waals surface area contributed by atoms with Gasteiger partial charge in [0.25, 0.3) is 5.91 Å². The smallest absolute Gasteiger partial charge is 0.281 e. The van der Waals surface area contributed by atoms with Gasteiger partial charge in [-0.25, -0.2) is 9.82 Å². The first-order valence-electron chi connectivity index (χ1n) is 9.86. The van der Waals surface area contributed by atoms with E-state index in [1.165, 1.54) is 56.9 Å². The van der Waals surface area contributed by atoms with E-state index >= 15 is 0 Å². The molecule has 1 amide bonds. The van der Waals surface area contributed by atoms with Crippen molar-refractivity contribution < 1.29 is 9.18 Å². The van der Waals surface area contributed by atoms with Gasteiger partial charge in [0.1, 0.15) is 5.82 Å². The highest BCUT2D eigenvalue weighted by Gasteiger charge is 2.52. The summed E-state index contributed by atoms with van der Waals surface area (Å²) in [6.07, 6.45) is 8.92. The summed E-state index contributed by atoms with van der Waals surface area (Å²) in [5, 5.41) is 11.4. The molecule has 0 aliphatic heterocycles. The van der Waals surface area contributed by atoms with Crippen LogP contribution in [0.1, 0.15) is 60.3 Å². The van der Waals surface area contributed by atoms with Crippen LogP contribution in [0.4, 0.5) is 4.39 Å².